The summed E-state index contributed by atoms with van der Waals surface area (Å²) in [5, 5.41) is 0. The van der Waals surface area contributed by atoms with E-state index in [0.717, 1.165) is 5.56 Å². The number of methoxy groups -OCH3 is 1. The highest BCUT2D eigenvalue weighted by molar-refractivity contribution is 6.11. The Morgan fingerprint density at radius 2 is 1.93 bits per heavy atom. The summed E-state index contributed by atoms with van der Waals surface area (Å²) >= 11 is 0. The van der Waals surface area contributed by atoms with Crippen LogP contribution < -0.4 is 0 Å². The average molecular weight is 190 g/mol. The van der Waals surface area contributed by atoms with Crippen molar-refractivity contribution in [2.24, 2.45) is 0 Å². The summed E-state index contributed by atoms with van der Waals surface area (Å²) in [5.74, 6) is -0.621. The van der Waals surface area contributed by atoms with Gasteiger partial charge < -0.3 is 4.74 Å². The van der Waals surface area contributed by atoms with Crippen LogP contribution in [0.1, 0.15) is 5.56 Å². The maximum atomic E-state index is 11.0. The van der Waals surface area contributed by atoms with Crippen molar-refractivity contribution in [3.63, 3.8) is 0 Å². The van der Waals surface area contributed by atoms with E-state index < -0.39 is 5.97 Å². The quantitative estimate of drug-likeness (QED) is 0.238. The lowest BCUT2D eigenvalue weighted by Gasteiger charge is -1.97. The van der Waals surface area contributed by atoms with Gasteiger partial charge in [-0.2, -0.15) is 0 Å². The minimum atomic E-state index is -0.621. The minimum absolute atomic E-state index is 0.0127. The van der Waals surface area contributed by atoms with Gasteiger partial charge in [0.05, 0.1) is 12.7 Å². The molecule has 0 spiro atoms. The van der Waals surface area contributed by atoms with Crippen molar-refractivity contribution < 1.29 is 14.3 Å². The molecule has 1 aromatic carbocycles. The molecule has 0 radical (unpaired) electrons. The second-order valence-corrected chi connectivity index (χ2v) is 2.62. The van der Waals surface area contributed by atoms with Crippen molar-refractivity contribution in [1.82, 2.24) is 0 Å². The molecule has 3 nitrogen and oxygen atoms in total. The third-order valence-electron chi connectivity index (χ3n) is 1.67. The Morgan fingerprint density at radius 1 is 1.29 bits per heavy atom. The predicted octanol–water partition coefficient (Wildman–Crippen LogP) is 1.44. The van der Waals surface area contributed by atoms with Crippen LogP contribution in [0.3, 0.4) is 0 Å². The Balaban J connectivity index is 2.95. The van der Waals surface area contributed by atoms with Crippen LogP contribution in [0.25, 0.3) is 6.08 Å². The number of benzene rings is 1. The highest BCUT2D eigenvalue weighted by Crippen LogP contribution is 2.05. The van der Waals surface area contributed by atoms with Crippen molar-refractivity contribution in [3.8, 4) is 0 Å². The molecule has 0 bridgehead atoms. The first-order valence-electron chi connectivity index (χ1n) is 4.08. The first kappa shape index (κ1) is 10.2. The van der Waals surface area contributed by atoms with Crippen molar-refractivity contribution >= 4 is 18.3 Å². The third-order valence-corrected chi connectivity index (χ3v) is 1.67. The molecule has 0 aliphatic carbocycles. The van der Waals surface area contributed by atoms with Gasteiger partial charge in [0.2, 0.25) is 0 Å². The van der Waals surface area contributed by atoms with Crippen LogP contribution in [0.5, 0.6) is 0 Å². The highest BCUT2D eigenvalue weighted by atomic mass is 16.5. The fourth-order valence-electron chi connectivity index (χ4n) is 0.988. The third kappa shape index (κ3) is 2.55. The van der Waals surface area contributed by atoms with Gasteiger partial charge in [-0.3, -0.25) is 4.79 Å². The Hall–Kier alpha value is -1.90. The Kier molecular flexibility index (Phi) is 3.61. The standard InChI is InChI=1S/C11H10O3/c1-14-11(13)10(8-12)7-9-5-3-2-4-6-9/h2-8H,1H3/b10-7+. The molecule has 3 heteroatoms. The van der Waals surface area contributed by atoms with E-state index >= 15 is 0 Å². The molecule has 0 fully saturated rings. The molecule has 0 unspecified atom stereocenters. The fraction of sp³-hybridized carbons (Fsp3) is 0.0909. The zero-order valence-electron chi connectivity index (χ0n) is 7.77. The van der Waals surface area contributed by atoms with E-state index in [1.165, 1.54) is 13.2 Å². The van der Waals surface area contributed by atoms with Gasteiger partial charge in [-0.1, -0.05) is 30.3 Å². The second kappa shape index (κ2) is 4.97. The van der Waals surface area contributed by atoms with Gasteiger partial charge in [0.25, 0.3) is 0 Å². The first-order chi connectivity index (χ1) is 6.77. The normalized spacial score (nSPS) is 10.8. The Bertz CT molecular complexity index is 352. The summed E-state index contributed by atoms with van der Waals surface area (Å²) in [6.45, 7) is 0. The maximum absolute atomic E-state index is 11.0. The summed E-state index contributed by atoms with van der Waals surface area (Å²) in [7, 11) is 1.24. The molecule has 0 heterocycles. The maximum Gasteiger partial charge on any atom is 0.341 e. The summed E-state index contributed by atoms with van der Waals surface area (Å²) in [6.07, 6.45) is 1.97. The zero-order chi connectivity index (χ0) is 10.4. The van der Waals surface area contributed by atoms with Crippen LogP contribution >= 0.6 is 0 Å². The largest absolute Gasteiger partial charge is 0.465 e. The van der Waals surface area contributed by atoms with Gasteiger partial charge in [-0.15, -0.1) is 0 Å². The number of carbonyl (C=O) groups is 2. The molecule has 0 amide bonds. The number of aldehydes is 1. The number of hydrogen-bond acceptors (Lipinski definition) is 3. The average Bonchev–Trinajstić information content (AvgIpc) is 2.26. The number of rotatable bonds is 3. The van der Waals surface area contributed by atoms with E-state index in [1.54, 1.807) is 12.1 Å². The molecule has 0 aliphatic rings. The summed E-state index contributed by atoms with van der Waals surface area (Å²) < 4.78 is 4.44. The van der Waals surface area contributed by atoms with E-state index in [0.29, 0.717) is 6.29 Å². The molecule has 0 aromatic heterocycles. The van der Waals surface area contributed by atoms with E-state index in [9.17, 15) is 9.59 Å². The van der Waals surface area contributed by atoms with Crippen molar-refractivity contribution in [3.05, 3.63) is 41.5 Å². The molecule has 0 N–H and O–H groups in total. The first-order valence-corrected chi connectivity index (χ1v) is 4.08. The van der Waals surface area contributed by atoms with E-state index in [-0.39, 0.29) is 5.57 Å². The van der Waals surface area contributed by atoms with Crippen LogP contribution in [0, 0.1) is 0 Å². The van der Waals surface area contributed by atoms with Crippen LogP contribution in [0.4, 0.5) is 0 Å². The van der Waals surface area contributed by atoms with E-state index in [4.69, 9.17) is 0 Å². The van der Waals surface area contributed by atoms with Crippen LogP contribution in [0.2, 0.25) is 0 Å². The molecule has 1 rings (SSSR count). The number of carbonyl (C=O) groups excluding carboxylic acids is 2. The van der Waals surface area contributed by atoms with Crippen LogP contribution in [-0.2, 0) is 14.3 Å². The fourth-order valence-corrected chi connectivity index (χ4v) is 0.988. The lowest BCUT2D eigenvalue weighted by atomic mass is 10.1. The summed E-state index contributed by atoms with van der Waals surface area (Å²) in [4.78, 5) is 21.6. The highest BCUT2D eigenvalue weighted by Gasteiger charge is 2.07. The molecule has 0 atom stereocenters. The predicted molar refractivity (Wildman–Crippen MR) is 52.5 cm³/mol. The van der Waals surface area contributed by atoms with Gasteiger partial charge >= 0.3 is 5.97 Å². The van der Waals surface area contributed by atoms with Gasteiger partial charge in [-0.05, 0) is 11.6 Å². The molecular weight excluding hydrogens is 180 g/mol. The molecule has 0 saturated heterocycles. The van der Waals surface area contributed by atoms with Gasteiger partial charge in [0.1, 0.15) is 0 Å². The summed E-state index contributed by atoms with van der Waals surface area (Å²) in [5.41, 5.74) is 0.804. The molecule has 1 aromatic rings. The smallest absolute Gasteiger partial charge is 0.341 e. The van der Waals surface area contributed by atoms with E-state index in [1.807, 2.05) is 18.2 Å². The minimum Gasteiger partial charge on any atom is -0.465 e. The van der Waals surface area contributed by atoms with E-state index in [2.05, 4.69) is 4.74 Å². The van der Waals surface area contributed by atoms with Crippen molar-refractivity contribution in [2.75, 3.05) is 7.11 Å². The lowest BCUT2D eigenvalue weighted by Crippen LogP contribution is -2.05. The number of esters is 1. The Morgan fingerprint density at radius 3 is 2.43 bits per heavy atom. The van der Waals surface area contributed by atoms with Crippen LogP contribution in [-0.4, -0.2) is 19.4 Å². The van der Waals surface area contributed by atoms with Crippen molar-refractivity contribution in [2.45, 2.75) is 0 Å². The van der Waals surface area contributed by atoms with Gasteiger partial charge in [0, 0.05) is 0 Å². The molecule has 14 heavy (non-hydrogen) atoms. The number of ether oxygens (including phenoxy) is 1. The monoisotopic (exact) mass is 190 g/mol. The topological polar surface area (TPSA) is 43.4 Å². The van der Waals surface area contributed by atoms with Crippen molar-refractivity contribution in [1.29, 1.82) is 0 Å². The Labute approximate surface area is 82.0 Å². The lowest BCUT2D eigenvalue weighted by molar-refractivity contribution is -0.136. The SMILES string of the molecule is COC(=O)/C(C=O)=C/c1ccccc1. The second-order valence-electron chi connectivity index (χ2n) is 2.62. The van der Waals surface area contributed by atoms with Gasteiger partial charge in [0.15, 0.2) is 6.29 Å². The molecular formula is C11H10O3. The van der Waals surface area contributed by atoms with Crippen LogP contribution in [0.15, 0.2) is 35.9 Å². The zero-order valence-corrected chi connectivity index (χ0v) is 7.77. The van der Waals surface area contributed by atoms with Gasteiger partial charge in [-0.25, -0.2) is 4.79 Å². The number of hydrogen-bond donors (Lipinski definition) is 0. The molecule has 0 aliphatic heterocycles. The summed E-state index contributed by atoms with van der Waals surface area (Å²) in [6, 6.07) is 9.10. The molecule has 72 valence electrons. The molecule has 0 saturated carbocycles.